The van der Waals surface area contributed by atoms with Crippen LogP contribution in [-0.2, 0) is 4.43 Å². The van der Waals surface area contributed by atoms with Crippen LogP contribution in [-0.4, -0.2) is 8.32 Å². The zero-order valence-electron chi connectivity index (χ0n) is 12.1. The molecule has 0 N–H and O–H groups in total. The molecule has 0 aromatic rings. The summed E-state index contributed by atoms with van der Waals surface area (Å²) in [5, 5.41) is 0. The molecule has 0 saturated carbocycles. The molecule has 0 aromatic heterocycles. The fourth-order valence-electron chi connectivity index (χ4n) is 2.65. The zero-order valence-corrected chi connectivity index (χ0v) is 13.1. The standard InChI is InChI=1S/C14H28OSi/c1-10(2)14(9)15-16(11(3)4,12(5)6)13(7)8/h11-13H,1,9H2,2-8H3. The Labute approximate surface area is 103 Å². The predicted molar refractivity (Wildman–Crippen MR) is 76.1 cm³/mol. The van der Waals surface area contributed by atoms with Gasteiger partial charge in [-0.2, -0.15) is 0 Å². The van der Waals surface area contributed by atoms with E-state index in [0.29, 0.717) is 16.6 Å². The molecule has 0 aliphatic heterocycles. The minimum Gasteiger partial charge on any atom is -0.543 e. The highest BCUT2D eigenvalue weighted by atomic mass is 28.4. The lowest BCUT2D eigenvalue weighted by atomic mass is 10.3. The van der Waals surface area contributed by atoms with Crippen LogP contribution in [0.4, 0.5) is 0 Å². The van der Waals surface area contributed by atoms with E-state index in [4.69, 9.17) is 4.43 Å². The first-order valence-electron chi connectivity index (χ1n) is 6.20. The quantitative estimate of drug-likeness (QED) is 0.349. The average molecular weight is 240 g/mol. The van der Waals surface area contributed by atoms with Crippen molar-refractivity contribution in [2.75, 3.05) is 0 Å². The van der Waals surface area contributed by atoms with Gasteiger partial charge in [-0.15, -0.1) is 0 Å². The number of allylic oxidation sites excluding steroid dienone is 1. The van der Waals surface area contributed by atoms with Crippen molar-refractivity contribution >= 4 is 8.32 Å². The van der Waals surface area contributed by atoms with Gasteiger partial charge in [-0.3, -0.25) is 0 Å². The number of hydrogen-bond donors (Lipinski definition) is 0. The minimum atomic E-state index is -1.81. The third-order valence-corrected chi connectivity index (χ3v) is 9.50. The lowest BCUT2D eigenvalue weighted by molar-refractivity contribution is 0.382. The fraction of sp³-hybridized carbons (Fsp3) is 0.714. The van der Waals surface area contributed by atoms with E-state index in [1.807, 2.05) is 6.92 Å². The first kappa shape index (κ1) is 15.5. The third kappa shape index (κ3) is 3.00. The van der Waals surface area contributed by atoms with Gasteiger partial charge >= 0.3 is 0 Å². The van der Waals surface area contributed by atoms with Crippen LogP contribution < -0.4 is 0 Å². The first-order chi connectivity index (χ1) is 7.16. The second-order valence-corrected chi connectivity index (χ2v) is 11.0. The summed E-state index contributed by atoms with van der Waals surface area (Å²) in [5.41, 5.74) is 2.70. The van der Waals surface area contributed by atoms with Crippen molar-refractivity contribution in [2.24, 2.45) is 0 Å². The molecular formula is C14H28OSi. The minimum absolute atomic E-state index is 0.587. The van der Waals surface area contributed by atoms with Crippen molar-refractivity contribution in [1.82, 2.24) is 0 Å². The van der Waals surface area contributed by atoms with E-state index in [9.17, 15) is 0 Å². The molecule has 0 aromatic carbocycles. The van der Waals surface area contributed by atoms with Gasteiger partial charge in [0.2, 0.25) is 0 Å². The molecule has 0 aliphatic carbocycles. The SMILES string of the molecule is C=C(C)C(=C)O[Si](C(C)C)(C(C)C)C(C)C. The summed E-state index contributed by atoms with van der Waals surface area (Å²) in [6.45, 7) is 23.5. The van der Waals surface area contributed by atoms with E-state index in [1.165, 1.54) is 0 Å². The molecule has 2 heteroatoms. The first-order valence-corrected chi connectivity index (χ1v) is 8.34. The van der Waals surface area contributed by atoms with Crippen LogP contribution in [0.15, 0.2) is 24.5 Å². The highest BCUT2D eigenvalue weighted by Gasteiger charge is 2.47. The van der Waals surface area contributed by atoms with Crippen LogP contribution in [0.5, 0.6) is 0 Å². The van der Waals surface area contributed by atoms with E-state index in [0.717, 1.165) is 11.3 Å². The highest BCUT2D eigenvalue weighted by molar-refractivity contribution is 6.77. The molecule has 0 radical (unpaired) electrons. The Bertz CT molecular complexity index is 242. The largest absolute Gasteiger partial charge is 0.543 e. The molecule has 0 aliphatic rings. The molecule has 1 nitrogen and oxygen atoms in total. The molecule has 0 unspecified atom stereocenters. The van der Waals surface area contributed by atoms with Gasteiger partial charge in [0.25, 0.3) is 8.32 Å². The molecule has 0 amide bonds. The summed E-state index contributed by atoms with van der Waals surface area (Å²) in [5.74, 6) is 0.780. The maximum absolute atomic E-state index is 6.33. The third-order valence-electron chi connectivity index (χ3n) is 3.48. The van der Waals surface area contributed by atoms with E-state index in [2.05, 4.69) is 54.7 Å². The topological polar surface area (TPSA) is 9.23 Å². The predicted octanol–water partition coefficient (Wildman–Crippen LogP) is 5.27. The Morgan fingerprint density at radius 3 is 1.38 bits per heavy atom. The number of rotatable bonds is 6. The molecule has 0 rings (SSSR count). The van der Waals surface area contributed by atoms with Crippen molar-refractivity contribution in [3.05, 3.63) is 24.5 Å². The van der Waals surface area contributed by atoms with Crippen molar-refractivity contribution in [2.45, 2.75) is 65.1 Å². The van der Waals surface area contributed by atoms with E-state index >= 15 is 0 Å². The molecule has 16 heavy (non-hydrogen) atoms. The second-order valence-electron chi connectivity index (χ2n) is 5.62. The second kappa shape index (κ2) is 5.71. The zero-order chi connectivity index (χ0) is 13.1. The van der Waals surface area contributed by atoms with Crippen LogP contribution in [0.2, 0.25) is 16.6 Å². The van der Waals surface area contributed by atoms with Crippen molar-refractivity contribution in [1.29, 1.82) is 0 Å². The van der Waals surface area contributed by atoms with Gasteiger partial charge < -0.3 is 4.43 Å². The molecule has 94 valence electrons. The maximum Gasteiger partial charge on any atom is 0.258 e. The number of hydrogen-bond acceptors (Lipinski definition) is 1. The van der Waals surface area contributed by atoms with Crippen molar-refractivity contribution < 1.29 is 4.43 Å². The Kier molecular flexibility index (Phi) is 5.53. The van der Waals surface area contributed by atoms with E-state index in [1.54, 1.807) is 0 Å². The molecule has 0 atom stereocenters. The van der Waals surface area contributed by atoms with Gasteiger partial charge in [-0.05, 0) is 29.1 Å². The molecular weight excluding hydrogens is 212 g/mol. The summed E-state index contributed by atoms with van der Waals surface area (Å²) in [7, 11) is -1.81. The fourth-order valence-corrected chi connectivity index (χ4v) is 7.96. The molecule has 0 spiro atoms. The van der Waals surface area contributed by atoms with Crippen LogP contribution in [0.1, 0.15) is 48.5 Å². The Balaban J connectivity index is 5.21. The van der Waals surface area contributed by atoms with Crippen molar-refractivity contribution in [3.8, 4) is 0 Å². The van der Waals surface area contributed by atoms with E-state index in [-0.39, 0.29) is 0 Å². The van der Waals surface area contributed by atoms with Gasteiger partial charge in [-0.1, -0.05) is 54.7 Å². The summed E-state index contributed by atoms with van der Waals surface area (Å²) in [4.78, 5) is 0. The Morgan fingerprint density at radius 2 is 1.19 bits per heavy atom. The molecule has 0 bridgehead atoms. The lowest BCUT2D eigenvalue weighted by Crippen LogP contribution is -2.47. The van der Waals surface area contributed by atoms with Crippen LogP contribution in [0.25, 0.3) is 0 Å². The van der Waals surface area contributed by atoms with E-state index < -0.39 is 8.32 Å². The molecule has 0 saturated heterocycles. The monoisotopic (exact) mass is 240 g/mol. The van der Waals surface area contributed by atoms with Gasteiger partial charge in [0, 0.05) is 0 Å². The van der Waals surface area contributed by atoms with Crippen molar-refractivity contribution in [3.63, 3.8) is 0 Å². The summed E-state index contributed by atoms with van der Waals surface area (Å²) < 4.78 is 6.33. The van der Waals surface area contributed by atoms with Crippen LogP contribution in [0.3, 0.4) is 0 Å². The summed E-state index contributed by atoms with van der Waals surface area (Å²) >= 11 is 0. The lowest BCUT2D eigenvalue weighted by Gasteiger charge is -2.42. The highest BCUT2D eigenvalue weighted by Crippen LogP contribution is 2.43. The van der Waals surface area contributed by atoms with Gasteiger partial charge in [0.1, 0.15) is 0 Å². The average Bonchev–Trinajstić information content (AvgIpc) is 2.11. The molecule has 0 heterocycles. The van der Waals surface area contributed by atoms with Crippen LogP contribution in [0, 0.1) is 0 Å². The summed E-state index contributed by atoms with van der Waals surface area (Å²) in [6.07, 6.45) is 0. The Hall–Kier alpha value is -0.503. The maximum atomic E-state index is 6.33. The van der Waals surface area contributed by atoms with Gasteiger partial charge in [0.05, 0.1) is 5.76 Å². The van der Waals surface area contributed by atoms with Gasteiger partial charge in [-0.25, -0.2) is 0 Å². The van der Waals surface area contributed by atoms with Gasteiger partial charge in [0.15, 0.2) is 0 Å². The smallest absolute Gasteiger partial charge is 0.258 e. The molecule has 0 fully saturated rings. The van der Waals surface area contributed by atoms with Crippen LogP contribution >= 0.6 is 0 Å². The summed E-state index contributed by atoms with van der Waals surface area (Å²) in [6, 6.07) is 0. The Morgan fingerprint density at radius 1 is 0.875 bits per heavy atom. The normalized spacial score (nSPS) is 12.4.